The normalized spacial score (nSPS) is 11.8. The maximum atomic E-state index is 12.5. The van der Waals surface area contributed by atoms with Crippen LogP contribution in [-0.4, -0.2) is 30.2 Å². The molecule has 0 saturated carbocycles. The number of Topliss-reactive ketones (excluding diaryl/α,β-unsaturated/α-hetero) is 1. The molecule has 0 bridgehead atoms. The number of hydrogen-bond donors (Lipinski definition) is 0. The Hall–Kier alpha value is -2.42. The van der Waals surface area contributed by atoms with Crippen LogP contribution in [0.2, 0.25) is 0 Å². The minimum atomic E-state index is -0.255. The summed E-state index contributed by atoms with van der Waals surface area (Å²) in [7, 11) is 1.67. The van der Waals surface area contributed by atoms with Crippen LogP contribution in [0.3, 0.4) is 0 Å². The van der Waals surface area contributed by atoms with Crippen molar-refractivity contribution in [1.82, 2.24) is 4.90 Å². The van der Waals surface area contributed by atoms with Gasteiger partial charge >= 0.3 is 0 Å². The van der Waals surface area contributed by atoms with Gasteiger partial charge in [-0.3, -0.25) is 9.59 Å². The monoisotopic (exact) mass is 295 g/mol. The van der Waals surface area contributed by atoms with Crippen molar-refractivity contribution in [3.63, 3.8) is 0 Å². The number of aryl methyl sites for hydroxylation is 1. The molecule has 2 aromatic rings. The molecule has 0 radical (unpaired) electrons. The van der Waals surface area contributed by atoms with Crippen LogP contribution in [0, 0.1) is 6.92 Å². The van der Waals surface area contributed by atoms with E-state index in [4.69, 9.17) is 0 Å². The summed E-state index contributed by atoms with van der Waals surface area (Å²) < 4.78 is 0. The van der Waals surface area contributed by atoms with Gasteiger partial charge in [0.2, 0.25) is 5.91 Å². The van der Waals surface area contributed by atoms with E-state index >= 15 is 0 Å². The summed E-state index contributed by atoms with van der Waals surface area (Å²) in [5, 5.41) is 0. The van der Waals surface area contributed by atoms with E-state index in [-0.39, 0.29) is 24.2 Å². The largest absolute Gasteiger partial charge is 0.338 e. The molecule has 0 saturated heterocycles. The van der Waals surface area contributed by atoms with Crippen LogP contribution in [0.4, 0.5) is 0 Å². The Kier molecular flexibility index (Phi) is 5.10. The second-order valence-electron chi connectivity index (χ2n) is 5.62. The highest BCUT2D eigenvalue weighted by atomic mass is 16.2. The van der Waals surface area contributed by atoms with Crippen molar-refractivity contribution in [1.29, 1.82) is 0 Å². The van der Waals surface area contributed by atoms with Crippen molar-refractivity contribution in [2.75, 3.05) is 13.6 Å². The number of hydrogen-bond acceptors (Lipinski definition) is 2. The molecular weight excluding hydrogens is 274 g/mol. The van der Waals surface area contributed by atoms with E-state index in [1.165, 1.54) is 4.90 Å². The molecule has 1 atom stereocenters. The second-order valence-corrected chi connectivity index (χ2v) is 5.62. The molecule has 3 heteroatoms. The molecule has 0 aliphatic heterocycles. The van der Waals surface area contributed by atoms with E-state index in [0.717, 1.165) is 11.1 Å². The van der Waals surface area contributed by atoms with E-state index in [2.05, 4.69) is 0 Å². The van der Waals surface area contributed by atoms with Crippen LogP contribution < -0.4 is 0 Å². The van der Waals surface area contributed by atoms with Crippen LogP contribution in [0.15, 0.2) is 54.6 Å². The fraction of sp³-hybridized carbons (Fsp3) is 0.263. The molecular formula is C19H21NO2. The summed E-state index contributed by atoms with van der Waals surface area (Å²) in [6, 6.07) is 17.0. The fourth-order valence-corrected chi connectivity index (χ4v) is 2.34. The number of benzene rings is 2. The average molecular weight is 295 g/mol. The maximum Gasteiger partial charge on any atom is 0.229 e. The van der Waals surface area contributed by atoms with Gasteiger partial charge in [0.15, 0.2) is 5.78 Å². The summed E-state index contributed by atoms with van der Waals surface area (Å²) in [6.07, 6.45) is 0. The number of carbonyl (C=O) groups excluding carboxylic acids is 2. The lowest BCUT2D eigenvalue weighted by molar-refractivity contribution is -0.130. The van der Waals surface area contributed by atoms with Gasteiger partial charge in [-0.1, -0.05) is 60.2 Å². The Bertz CT molecular complexity index is 647. The van der Waals surface area contributed by atoms with Crippen LogP contribution in [0.5, 0.6) is 0 Å². The topological polar surface area (TPSA) is 37.4 Å². The Morgan fingerprint density at radius 1 is 1.00 bits per heavy atom. The Balaban J connectivity index is 2.02. The summed E-state index contributed by atoms with van der Waals surface area (Å²) in [5.74, 6) is -0.352. The van der Waals surface area contributed by atoms with Crippen molar-refractivity contribution < 1.29 is 9.59 Å². The van der Waals surface area contributed by atoms with Crippen LogP contribution in [0.1, 0.15) is 34.3 Å². The molecule has 2 rings (SSSR count). The van der Waals surface area contributed by atoms with Gasteiger partial charge in [-0.25, -0.2) is 0 Å². The average Bonchev–Trinajstić information content (AvgIpc) is 2.55. The number of carbonyl (C=O) groups is 2. The molecule has 22 heavy (non-hydrogen) atoms. The second kappa shape index (κ2) is 7.03. The number of amides is 1. The van der Waals surface area contributed by atoms with Gasteiger partial charge in [0.1, 0.15) is 0 Å². The summed E-state index contributed by atoms with van der Waals surface area (Å²) in [6.45, 7) is 3.98. The standard InChI is InChI=1S/C19H21NO2/c1-14-9-11-16(12-10-14)15(2)19(22)20(3)13-18(21)17-7-5-4-6-8-17/h4-12,15H,13H2,1-3H3. The van der Waals surface area contributed by atoms with Crippen molar-refractivity contribution in [3.8, 4) is 0 Å². The van der Waals surface area contributed by atoms with Gasteiger partial charge in [0, 0.05) is 12.6 Å². The van der Waals surface area contributed by atoms with Crippen LogP contribution in [0.25, 0.3) is 0 Å². The van der Waals surface area contributed by atoms with Gasteiger partial charge in [-0.05, 0) is 19.4 Å². The Morgan fingerprint density at radius 2 is 1.59 bits per heavy atom. The molecule has 0 heterocycles. The van der Waals surface area contributed by atoms with E-state index < -0.39 is 0 Å². The summed E-state index contributed by atoms with van der Waals surface area (Å²) in [4.78, 5) is 26.1. The van der Waals surface area contributed by atoms with Crippen molar-refractivity contribution >= 4 is 11.7 Å². The van der Waals surface area contributed by atoms with Gasteiger partial charge < -0.3 is 4.90 Å². The first kappa shape index (κ1) is 16.0. The zero-order valence-corrected chi connectivity index (χ0v) is 13.2. The highest BCUT2D eigenvalue weighted by Gasteiger charge is 2.21. The molecule has 3 nitrogen and oxygen atoms in total. The third-order valence-electron chi connectivity index (χ3n) is 3.80. The lowest BCUT2D eigenvalue weighted by Crippen LogP contribution is -2.35. The van der Waals surface area contributed by atoms with Crippen LogP contribution >= 0.6 is 0 Å². The molecule has 0 fully saturated rings. The molecule has 1 amide bonds. The third-order valence-corrected chi connectivity index (χ3v) is 3.80. The number of nitrogens with zero attached hydrogens (tertiary/aromatic N) is 1. The molecule has 0 aromatic heterocycles. The molecule has 0 N–H and O–H groups in total. The van der Waals surface area contributed by atoms with Crippen molar-refractivity contribution in [2.24, 2.45) is 0 Å². The zero-order valence-electron chi connectivity index (χ0n) is 13.2. The molecule has 0 spiro atoms. The predicted octanol–water partition coefficient (Wildman–Crippen LogP) is 3.44. The highest BCUT2D eigenvalue weighted by molar-refractivity contribution is 5.99. The minimum absolute atomic E-state index is 0.0480. The highest BCUT2D eigenvalue weighted by Crippen LogP contribution is 2.18. The first-order chi connectivity index (χ1) is 10.5. The third kappa shape index (κ3) is 3.82. The molecule has 114 valence electrons. The molecule has 0 aliphatic carbocycles. The van der Waals surface area contributed by atoms with Crippen molar-refractivity contribution in [3.05, 3.63) is 71.3 Å². The fourth-order valence-electron chi connectivity index (χ4n) is 2.34. The minimum Gasteiger partial charge on any atom is -0.338 e. The number of ketones is 1. The van der Waals surface area contributed by atoms with Gasteiger partial charge in [0.05, 0.1) is 12.5 Å². The first-order valence-electron chi connectivity index (χ1n) is 7.39. The quantitative estimate of drug-likeness (QED) is 0.792. The van der Waals surface area contributed by atoms with Crippen LogP contribution in [-0.2, 0) is 4.79 Å². The lowest BCUT2D eigenvalue weighted by atomic mass is 9.98. The van der Waals surface area contributed by atoms with Crippen molar-refractivity contribution in [2.45, 2.75) is 19.8 Å². The lowest BCUT2D eigenvalue weighted by Gasteiger charge is -2.21. The Labute approximate surface area is 131 Å². The molecule has 2 aromatic carbocycles. The Morgan fingerprint density at radius 3 is 2.18 bits per heavy atom. The maximum absolute atomic E-state index is 12.5. The predicted molar refractivity (Wildman–Crippen MR) is 88.0 cm³/mol. The van der Waals surface area contributed by atoms with Gasteiger partial charge in [0.25, 0.3) is 0 Å². The van der Waals surface area contributed by atoms with E-state index in [0.29, 0.717) is 5.56 Å². The molecule has 0 aliphatic rings. The van der Waals surface area contributed by atoms with E-state index in [1.807, 2.05) is 56.3 Å². The van der Waals surface area contributed by atoms with E-state index in [9.17, 15) is 9.59 Å². The summed E-state index contributed by atoms with van der Waals surface area (Å²) >= 11 is 0. The number of rotatable bonds is 5. The van der Waals surface area contributed by atoms with Gasteiger partial charge in [-0.15, -0.1) is 0 Å². The molecule has 1 unspecified atom stereocenters. The SMILES string of the molecule is Cc1ccc(C(C)C(=O)N(C)CC(=O)c2ccccc2)cc1. The summed E-state index contributed by atoms with van der Waals surface area (Å²) in [5.41, 5.74) is 2.76. The zero-order chi connectivity index (χ0) is 16.1. The smallest absolute Gasteiger partial charge is 0.229 e. The number of likely N-dealkylation sites (N-methyl/N-ethyl adjacent to an activating group) is 1. The van der Waals surface area contributed by atoms with Gasteiger partial charge in [-0.2, -0.15) is 0 Å². The first-order valence-corrected chi connectivity index (χ1v) is 7.39. The van der Waals surface area contributed by atoms with E-state index in [1.54, 1.807) is 19.2 Å².